The topological polar surface area (TPSA) is 91.5 Å². The van der Waals surface area contributed by atoms with Crippen LogP contribution in [0.5, 0.6) is 0 Å². The average molecular weight is 319 g/mol. The Hall–Kier alpha value is -0.340. The predicted octanol–water partition coefficient (Wildman–Crippen LogP) is 0.884. The Balaban J connectivity index is 1.75. The van der Waals surface area contributed by atoms with Gasteiger partial charge in [-0.15, -0.1) is 0 Å². The van der Waals surface area contributed by atoms with Crippen molar-refractivity contribution in [3.05, 3.63) is 0 Å². The van der Waals surface area contributed by atoms with Gasteiger partial charge in [-0.05, 0) is 6.42 Å². The molecule has 5 atom stereocenters. The minimum atomic E-state index is -1.15. The Morgan fingerprint density at radius 3 is 2.62 bits per heavy atom. The molecule has 1 saturated heterocycles. The highest BCUT2D eigenvalue weighted by molar-refractivity contribution is 8.13. The van der Waals surface area contributed by atoms with Crippen molar-refractivity contribution < 1.29 is 24.8 Å². The van der Waals surface area contributed by atoms with Gasteiger partial charge >= 0.3 is 0 Å². The number of hydrogen-bond acceptors (Lipinski definition) is 7. The minimum Gasteiger partial charge on any atom is -0.462 e. The molecule has 0 radical (unpaired) electrons. The van der Waals surface area contributed by atoms with Crippen molar-refractivity contribution in [2.75, 3.05) is 12.4 Å². The first kappa shape index (κ1) is 17.0. The molecule has 21 heavy (non-hydrogen) atoms. The highest BCUT2D eigenvalue weighted by Gasteiger charge is 2.49. The summed E-state index contributed by atoms with van der Waals surface area (Å²) in [6.07, 6.45) is 1.70. The zero-order valence-corrected chi connectivity index (χ0v) is 13.2. The Labute approximate surface area is 129 Å². The molecule has 122 valence electrons. The second kappa shape index (κ2) is 8.33. The second-order valence-corrected chi connectivity index (χ2v) is 6.52. The molecule has 0 amide bonds. The molecule has 0 aromatic rings. The first-order chi connectivity index (χ1) is 10.2. The number of aliphatic imine (C=N–C) groups is 1. The average Bonchev–Trinajstić information content (AvgIpc) is 2.89. The molecule has 0 bridgehead atoms. The van der Waals surface area contributed by atoms with Gasteiger partial charge in [-0.25, -0.2) is 4.99 Å². The Bertz CT molecular complexity index is 354. The molecule has 0 aliphatic carbocycles. The quantitative estimate of drug-likeness (QED) is 0.604. The number of fused-ring (bicyclic) bond motifs is 1. The van der Waals surface area contributed by atoms with Gasteiger partial charge < -0.3 is 24.8 Å². The van der Waals surface area contributed by atoms with Crippen molar-refractivity contribution >= 4 is 17.0 Å². The van der Waals surface area contributed by atoms with Gasteiger partial charge in [-0.2, -0.15) is 0 Å². The third-order valence-electron chi connectivity index (χ3n) is 3.79. The van der Waals surface area contributed by atoms with Crippen LogP contribution in [0.3, 0.4) is 0 Å². The van der Waals surface area contributed by atoms with Crippen LogP contribution in [-0.4, -0.2) is 63.6 Å². The fourth-order valence-corrected chi connectivity index (χ4v) is 3.37. The monoisotopic (exact) mass is 319 g/mol. The summed E-state index contributed by atoms with van der Waals surface area (Å²) in [6, 6.07) is 0. The summed E-state index contributed by atoms with van der Waals surface area (Å²) in [7, 11) is 0. The van der Waals surface area contributed by atoms with E-state index in [9.17, 15) is 10.2 Å². The van der Waals surface area contributed by atoms with E-state index in [-0.39, 0.29) is 6.61 Å². The lowest BCUT2D eigenvalue weighted by Gasteiger charge is -2.36. The molecular weight excluding hydrogens is 294 g/mol. The number of aliphatic hydroxyl groups is 3. The van der Waals surface area contributed by atoms with Gasteiger partial charge in [0.2, 0.25) is 5.23 Å². The maximum atomic E-state index is 9.99. The summed E-state index contributed by atoms with van der Waals surface area (Å²) >= 11 is 1.51. The molecule has 0 saturated carbocycles. The van der Waals surface area contributed by atoms with Gasteiger partial charge in [0.25, 0.3) is 0 Å². The lowest BCUT2D eigenvalue weighted by molar-refractivity contribution is -0.213. The number of rotatable bonds is 7. The highest BCUT2D eigenvalue weighted by atomic mass is 32.2. The normalized spacial score (nSPS) is 35.2. The molecule has 7 heteroatoms. The Morgan fingerprint density at radius 2 is 1.90 bits per heavy atom. The molecule has 0 unspecified atom stereocenters. The zero-order chi connectivity index (χ0) is 15.2. The molecule has 2 heterocycles. The summed E-state index contributed by atoms with van der Waals surface area (Å²) in [6.45, 7) is 1.84. The van der Waals surface area contributed by atoms with Crippen LogP contribution in [0, 0.1) is 0 Å². The summed E-state index contributed by atoms with van der Waals surface area (Å²) < 4.78 is 11.0. The van der Waals surface area contributed by atoms with E-state index < -0.39 is 30.6 Å². The van der Waals surface area contributed by atoms with E-state index in [2.05, 4.69) is 11.9 Å². The number of hydrogen-bond donors (Lipinski definition) is 3. The van der Waals surface area contributed by atoms with E-state index in [1.54, 1.807) is 0 Å². The molecule has 6 nitrogen and oxygen atoms in total. The van der Waals surface area contributed by atoms with E-state index in [1.165, 1.54) is 37.4 Å². The summed E-state index contributed by atoms with van der Waals surface area (Å²) in [4.78, 5) is 4.28. The molecule has 0 spiro atoms. The third kappa shape index (κ3) is 4.32. The van der Waals surface area contributed by atoms with Crippen molar-refractivity contribution in [3.8, 4) is 0 Å². The first-order valence-electron chi connectivity index (χ1n) is 7.67. The molecular formula is C14H25NO5S. The number of nitrogens with zero attached hydrogens (tertiary/aromatic N) is 1. The standard InChI is InChI=1S/C14H25NO5S/c1-2-3-4-5-6-7-21-14-15-13-12(20-14)11(18)10(17)9(8-16)19-13/h9-13,16-18H,2-8H2,1H3/t9-,10-,11+,12-,13+/m1/s1. The fourth-order valence-electron chi connectivity index (χ4n) is 2.49. The number of ether oxygens (including phenoxy) is 2. The van der Waals surface area contributed by atoms with E-state index in [0.717, 1.165) is 12.2 Å². The van der Waals surface area contributed by atoms with Crippen LogP contribution in [-0.2, 0) is 9.47 Å². The smallest absolute Gasteiger partial charge is 0.249 e. The van der Waals surface area contributed by atoms with E-state index >= 15 is 0 Å². The molecule has 0 aromatic carbocycles. The lowest BCUT2D eigenvalue weighted by atomic mass is 9.99. The van der Waals surface area contributed by atoms with Crippen LogP contribution in [0.25, 0.3) is 0 Å². The van der Waals surface area contributed by atoms with Crippen molar-refractivity contribution in [2.24, 2.45) is 4.99 Å². The number of thioether (sulfide) groups is 1. The molecule has 2 aliphatic rings. The van der Waals surface area contributed by atoms with Gasteiger partial charge in [0.1, 0.15) is 18.3 Å². The molecule has 2 aliphatic heterocycles. The van der Waals surface area contributed by atoms with Gasteiger partial charge in [0.15, 0.2) is 12.3 Å². The third-order valence-corrected chi connectivity index (χ3v) is 4.73. The predicted molar refractivity (Wildman–Crippen MR) is 81.3 cm³/mol. The van der Waals surface area contributed by atoms with Crippen molar-refractivity contribution in [1.29, 1.82) is 0 Å². The summed E-state index contributed by atoms with van der Waals surface area (Å²) in [5, 5.41) is 29.4. The molecule has 3 N–H and O–H groups in total. The van der Waals surface area contributed by atoms with Crippen LogP contribution in [0.2, 0.25) is 0 Å². The van der Waals surface area contributed by atoms with Crippen LogP contribution >= 0.6 is 11.8 Å². The van der Waals surface area contributed by atoms with Gasteiger partial charge in [0, 0.05) is 5.75 Å². The van der Waals surface area contributed by atoms with Gasteiger partial charge in [-0.3, -0.25) is 0 Å². The van der Waals surface area contributed by atoms with Crippen LogP contribution in [0.4, 0.5) is 0 Å². The number of aliphatic hydroxyl groups excluding tert-OH is 3. The SMILES string of the molecule is CCCCCCCSC1=N[C@H]2O[C@H](CO)[C@@H](O)[C@H](O)[C@H]2O1. The number of unbranched alkanes of at least 4 members (excludes halogenated alkanes) is 4. The van der Waals surface area contributed by atoms with E-state index in [0.29, 0.717) is 5.23 Å². The lowest BCUT2D eigenvalue weighted by Crippen LogP contribution is -2.57. The Morgan fingerprint density at radius 1 is 1.14 bits per heavy atom. The van der Waals surface area contributed by atoms with Crippen molar-refractivity contribution in [1.82, 2.24) is 0 Å². The van der Waals surface area contributed by atoms with Gasteiger partial charge in [-0.1, -0.05) is 44.4 Å². The van der Waals surface area contributed by atoms with Crippen molar-refractivity contribution in [3.63, 3.8) is 0 Å². The van der Waals surface area contributed by atoms with E-state index in [1.807, 2.05) is 0 Å². The van der Waals surface area contributed by atoms with Gasteiger partial charge in [0.05, 0.1) is 6.61 Å². The maximum Gasteiger partial charge on any atom is 0.249 e. The second-order valence-electron chi connectivity index (χ2n) is 5.47. The fraction of sp³-hybridized carbons (Fsp3) is 0.929. The maximum absolute atomic E-state index is 9.99. The van der Waals surface area contributed by atoms with Crippen LogP contribution in [0.15, 0.2) is 4.99 Å². The largest absolute Gasteiger partial charge is 0.462 e. The van der Waals surface area contributed by atoms with Crippen molar-refractivity contribution in [2.45, 2.75) is 69.7 Å². The summed E-state index contributed by atoms with van der Waals surface area (Å²) in [5.74, 6) is 0.921. The minimum absolute atomic E-state index is 0.350. The first-order valence-corrected chi connectivity index (χ1v) is 8.65. The van der Waals surface area contributed by atoms with Crippen LogP contribution < -0.4 is 0 Å². The van der Waals surface area contributed by atoms with E-state index in [4.69, 9.17) is 14.6 Å². The molecule has 1 fully saturated rings. The highest BCUT2D eigenvalue weighted by Crippen LogP contribution is 2.31. The zero-order valence-electron chi connectivity index (χ0n) is 12.4. The molecule has 2 rings (SSSR count). The van der Waals surface area contributed by atoms with Crippen LogP contribution in [0.1, 0.15) is 39.0 Å². The molecule has 0 aromatic heterocycles. The summed E-state index contributed by atoms with van der Waals surface area (Å²) in [5.41, 5.74) is 0. The Kier molecular flexibility index (Phi) is 6.75.